The minimum Gasteiger partial charge on any atom is -0.396 e. The van der Waals surface area contributed by atoms with Gasteiger partial charge in [0.15, 0.2) is 0 Å². The van der Waals surface area contributed by atoms with E-state index < -0.39 is 0 Å². The first-order chi connectivity index (χ1) is 8.45. The van der Waals surface area contributed by atoms with Crippen molar-refractivity contribution in [2.75, 3.05) is 13.2 Å². The standard InChI is InChI=1S/C14H20BrNO2/c1-10(2)16(5-4-6-17)14(18)12-7-11(3)8-13(15)9-12/h7-10,17H,4-6H2,1-3H3. The van der Waals surface area contributed by atoms with Crippen LogP contribution in [0.1, 0.15) is 36.2 Å². The van der Waals surface area contributed by atoms with E-state index in [1.807, 2.05) is 39.0 Å². The number of rotatable bonds is 5. The fourth-order valence-electron chi connectivity index (χ4n) is 1.86. The lowest BCUT2D eigenvalue weighted by Crippen LogP contribution is -2.38. The maximum absolute atomic E-state index is 12.4. The third kappa shape index (κ3) is 4.10. The molecule has 0 aliphatic heterocycles. The van der Waals surface area contributed by atoms with E-state index in [9.17, 15) is 4.79 Å². The molecule has 0 heterocycles. The fraction of sp³-hybridized carbons (Fsp3) is 0.500. The normalized spacial score (nSPS) is 10.8. The van der Waals surface area contributed by atoms with Crippen molar-refractivity contribution in [3.05, 3.63) is 33.8 Å². The zero-order chi connectivity index (χ0) is 13.7. The molecule has 0 aliphatic rings. The predicted octanol–water partition coefficient (Wildman–Crippen LogP) is 2.99. The second-order valence-electron chi connectivity index (χ2n) is 4.69. The van der Waals surface area contributed by atoms with Crippen molar-refractivity contribution in [1.82, 2.24) is 4.90 Å². The molecule has 1 rings (SSSR count). The highest BCUT2D eigenvalue weighted by molar-refractivity contribution is 9.10. The maximum Gasteiger partial charge on any atom is 0.254 e. The summed E-state index contributed by atoms with van der Waals surface area (Å²) in [6, 6.07) is 5.83. The summed E-state index contributed by atoms with van der Waals surface area (Å²) in [6.07, 6.45) is 0.608. The molecule has 0 aliphatic carbocycles. The van der Waals surface area contributed by atoms with Gasteiger partial charge in [0.1, 0.15) is 0 Å². The van der Waals surface area contributed by atoms with Gasteiger partial charge < -0.3 is 10.0 Å². The summed E-state index contributed by atoms with van der Waals surface area (Å²) < 4.78 is 0.914. The van der Waals surface area contributed by atoms with Crippen LogP contribution in [0.3, 0.4) is 0 Å². The highest BCUT2D eigenvalue weighted by Gasteiger charge is 2.18. The van der Waals surface area contributed by atoms with Crippen LogP contribution < -0.4 is 0 Å². The Hall–Kier alpha value is -0.870. The number of carbonyl (C=O) groups excluding carboxylic acids is 1. The number of hydrogen-bond acceptors (Lipinski definition) is 2. The molecule has 1 N–H and O–H groups in total. The van der Waals surface area contributed by atoms with Gasteiger partial charge in [-0.05, 0) is 51.0 Å². The van der Waals surface area contributed by atoms with Crippen LogP contribution in [0.15, 0.2) is 22.7 Å². The molecule has 3 nitrogen and oxygen atoms in total. The lowest BCUT2D eigenvalue weighted by Gasteiger charge is -2.26. The SMILES string of the molecule is Cc1cc(Br)cc(C(=O)N(CCCO)C(C)C)c1. The molecule has 0 fully saturated rings. The van der Waals surface area contributed by atoms with Crippen LogP contribution >= 0.6 is 15.9 Å². The van der Waals surface area contributed by atoms with Gasteiger partial charge in [-0.3, -0.25) is 4.79 Å². The van der Waals surface area contributed by atoms with Crippen molar-refractivity contribution >= 4 is 21.8 Å². The number of hydrogen-bond donors (Lipinski definition) is 1. The highest BCUT2D eigenvalue weighted by Crippen LogP contribution is 2.18. The van der Waals surface area contributed by atoms with E-state index in [0.717, 1.165) is 10.0 Å². The number of aryl methyl sites for hydroxylation is 1. The van der Waals surface area contributed by atoms with Gasteiger partial charge in [0.2, 0.25) is 0 Å². The Morgan fingerprint density at radius 2 is 2.06 bits per heavy atom. The van der Waals surface area contributed by atoms with Crippen LogP contribution in [0.2, 0.25) is 0 Å². The zero-order valence-corrected chi connectivity index (χ0v) is 12.7. The van der Waals surface area contributed by atoms with Crippen molar-refractivity contribution in [1.29, 1.82) is 0 Å². The number of halogens is 1. The largest absolute Gasteiger partial charge is 0.396 e. The van der Waals surface area contributed by atoms with Gasteiger partial charge in [0.25, 0.3) is 5.91 Å². The summed E-state index contributed by atoms with van der Waals surface area (Å²) in [4.78, 5) is 14.2. The third-order valence-corrected chi connectivity index (χ3v) is 3.19. The van der Waals surface area contributed by atoms with Crippen molar-refractivity contribution < 1.29 is 9.90 Å². The number of aliphatic hydroxyl groups excluding tert-OH is 1. The van der Waals surface area contributed by atoms with E-state index in [-0.39, 0.29) is 18.6 Å². The smallest absolute Gasteiger partial charge is 0.254 e. The lowest BCUT2D eigenvalue weighted by atomic mass is 10.1. The molecular formula is C14H20BrNO2. The summed E-state index contributed by atoms with van der Waals surface area (Å²) in [6.45, 7) is 6.63. The summed E-state index contributed by atoms with van der Waals surface area (Å²) >= 11 is 3.41. The van der Waals surface area contributed by atoms with E-state index >= 15 is 0 Å². The minimum absolute atomic E-state index is 0.0165. The molecule has 0 spiro atoms. The molecule has 0 aromatic heterocycles. The lowest BCUT2D eigenvalue weighted by molar-refractivity contribution is 0.0693. The molecule has 1 aromatic carbocycles. The summed E-state index contributed by atoms with van der Waals surface area (Å²) in [7, 11) is 0. The summed E-state index contributed by atoms with van der Waals surface area (Å²) in [5, 5.41) is 8.89. The van der Waals surface area contributed by atoms with E-state index in [1.54, 1.807) is 4.90 Å². The molecule has 0 saturated carbocycles. The molecule has 0 saturated heterocycles. The second-order valence-corrected chi connectivity index (χ2v) is 5.60. The van der Waals surface area contributed by atoms with Gasteiger partial charge in [-0.25, -0.2) is 0 Å². The molecule has 0 radical (unpaired) electrons. The second kappa shape index (κ2) is 6.90. The van der Waals surface area contributed by atoms with Gasteiger partial charge in [0, 0.05) is 29.2 Å². The Kier molecular flexibility index (Phi) is 5.82. The van der Waals surface area contributed by atoms with Crippen molar-refractivity contribution in [3.63, 3.8) is 0 Å². The monoisotopic (exact) mass is 313 g/mol. The topological polar surface area (TPSA) is 40.5 Å². The molecule has 0 bridgehead atoms. The molecule has 1 aromatic rings. The van der Waals surface area contributed by atoms with E-state index in [2.05, 4.69) is 15.9 Å². The molecule has 0 atom stereocenters. The predicted molar refractivity (Wildman–Crippen MR) is 76.8 cm³/mol. The molecular weight excluding hydrogens is 294 g/mol. The summed E-state index contributed by atoms with van der Waals surface area (Å²) in [5.74, 6) is 0.0165. The number of aliphatic hydroxyl groups is 1. The zero-order valence-electron chi connectivity index (χ0n) is 11.1. The third-order valence-electron chi connectivity index (χ3n) is 2.73. The van der Waals surface area contributed by atoms with E-state index in [4.69, 9.17) is 5.11 Å². The molecule has 18 heavy (non-hydrogen) atoms. The first kappa shape index (κ1) is 15.2. The molecule has 4 heteroatoms. The van der Waals surface area contributed by atoms with Gasteiger partial charge in [-0.1, -0.05) is 15.9 Å². The number of nitrogens with zero attached hydrogens (tertiary/aromatic N) is 1. The Bertz CT molecular complexity index is 398. The van der Waals surface area contributed by atoms with Crippen molar-refractivity contribution in [3.8, 4) is 0 Å². The van der Waals surface area contributed by atoms with Gasteiger partial charge in [-0.2, -0.15) is 0 Å². The number of benzene rings is 1. The average Bonchev–Trinajstić information content (AvgIpc) is 2.27. The van der Waals surface area contributed by atoms with Gasteiger partial charge in [-0.15, -0.1) is 0 Å². The van der Waals surface area contributed by atoms with Gasteiger partial charge >= 0.3 is 0 Å². The van der Waals surface area contributed by atoms with Crippen LogP contribution in [-0.4, -0.2) is 35.1 Å². The number of amides is 1. The Balaban J connectivity index is 2.94. The Labute approximate surface area is 117 Å². The maximum atomic E-state index is 12.4. The van der Waals surface area contributed by atoms with Crippen LogP contribution in [0, 0.1) is 6.92 Å². The Morgan fingerprint density at radius 1 is 1.39 bits per heavy atom. The van der Waals surface area contributed by atoms with Crippen molar-refractivity contribution in [2.45, 2.75) is 33.2 Å². The fourth-order valence-corrected chi connectivity index (χ4v) is 2.47. The van der Waals surface area contributed by atoms with Crippen LogP contribution in [0.4, 0.5) is 0 Å². The Morgan fingerprint density at radius 3 is 2.56 bits per heavy atom. The van der Waals surface area contributed by atoms with Gasteiger partial charge in [0.05, 0.1) is 0 Å². The average molecular weight is 314 g/mol. The number of carbonyl (C=O) groups is 1. The first-order valence-corrected chi connectivity index (χ1v) is 6.94. The first-order valence-electron chi connectivity index (χ1n) is 6.14. The van der Waals surface area contributed by atoms with E-state index in [0.29, 0.717) is 18.5 Å². The van der Waals surface area contributed by atoms with E-state index in [1.165, 1.54) is 0 Å². The minimum atomic E-state index is 0.0165. The summed E-state index contributed by atoms with van der Waals surface area (Å²) in [5.41, 5.74) is 1.74. The highest BCUT2D eigenvalue weighted by atomic mass is 79.9. The molecule has 1 amide bonds. The van der Waals surface area contributed by atoms with Crippen molar-refractivity contribution in [2.24, 2.45) is 0 Å². The molecule has 100 valence electrons. The quantitative estimate of drug-likeness (QED) is 0.908. The van der Waals surface area contributed by atoms with Crippen LogP contribution in [0.5, 0.6) is 0 Å². The van der Waals surface area contributed by atoms with Crippen LogP contribution in [-0.2, 0) is 0 Å². The molecule has 0 unspecified atom stereocenters. The van der Waals surface area contributed by atoms with Crippen LogP contribution in [0.25, 0.3) is 0 Å².